The predicted octanol–water partition coefficient (Wildman–Crippen LogP) is 2.40. The van der Waals surface area contributed by atoms with Crippen LogP contribution in [0.5, 0.6) is 0 Å². The first-order valence-corrected chi connectivity index (χ1v) is 7.82. The molecule has 0 bridgehead atoms. The van der Waals surface area contributed by atoms with Crippen LogP contribution in [0.25, 0.3) is 0 Å². The summed E-state index contributed by atoms with van der Waals surface area (Å²) in [6.45, 7) is 2.84. The highest BCUT2D eigenvalue weighted by Crippen LogP contribution is 2.24. The Balaban J connectivity index is 1.65. The third-order valence-electron chi connectivity index (χ3n) is 4.19. The molecule has 122 valence electrons. The number of benzene rings is 1. The smallest absolute Gasteiger partial charge is 0.360 e. The highest BCUT2D eigenvalue weighted by atomic mass is 16.6. The van der Waals surface area contributed by atoms with Crippen molar-refractivity contribution in [2.45, 2.75) is 25.4 Å². The standard InChI is InChI=1S/C16H21N5O2/c1-19-12-17-15(21(22)23)16(19)18-14-8-5-9-20(11-14)10-13-6-3-2-4-7-13/h2-4,6-7,12,14,18H,5,8-11H2,1H3/t14-/m1/s1. The number of imidazole rings is 1. The van der Waals surface area contributed by atoms with E-state index in [0.29, 0.717) is 5.82 Å². The van der Waals surface area contributed by atoms with E-state index in [1.165, 1.54) is 11.9 Å². The molecule has 0 unspecified atom stereocenters. The van der Waals surface area contributed by atoms with Crippen molar-refractivity contribution in [2.75, 3.05) is 18.4 Å². The van der Waals surface area contributed by atoms with Gasteiger partial charge in [-0.1, -0.05) is 30.3 Å². The number of aryl methyl sites for hydroxylation is 1. The van der Waals surface area contributed by atoms with Crippen molar-refractivity contribution >= 4 is 11.6 Å². The molecule has 1 atom stereocenters. The topological polar surface area (TPSA) is 76.2 Å². The summed E-state index contributed by atoms with van der Waals surface area (Å²) >= 11 is 0. The molecule has 1 aromatic heterocycles. The number of aromatic nitrogens is 2. The van der Waals surface area contributed by atoms with Gasteiger partial charge in [-0.2, -0.15) is 0 Å². The average molecular weight is 315 g/mol. The quantitative estimate of drug-likeness (QED) is 0.677. The summed E-state index contributed by atoms with van der Waals surface area (Å²) in [6.07, 6.45) is 3.56. The third-order valence-corrected chi connectivity index (χ3v) is 4.19. The van der Waals surface area contributed by atoms with Crippen LogP contribution in [0.3, 0.4) is 0 Å². The minimum absolute atomic E-state index is 0.104. The number of nitrogens with one attached hydrogen (secondary N) is 1. The lowest BCUT2D eigenvalue weighted by Gasteiger charge is -2.33. The van der Waals surface area contributed by atoms with Gasteiger partial charge in [0, 0.05) is 26.2 Å². The molecule has 1 aromatic carbocycles. The summed E-state index contributed by atoms with van der Waals surface area (Å²) in [5.41, 5.74) is 1.29. The Kier molecular flexibility index (Phi) is 4.57. The molecule has 0 amide bonds. The first kappa shape index (κ1) is 15.5. The van der Waals surface area contributed by atoms with Crippen LogP contribution in [0.1, 0.15) is 18.4 Å². The largest absolute Gasteiger partial charge is 0.406 e. The van der Waals surface area contributed by atoms with Gasteiger partial charge in [-0.05, 0) is 34.9 Å². The summed E-state index contributed by atoms with van der Waals surface area (Å²) in [6, 6.07) is 10.6. The number of likely N-dealkylation sites (tertiary alicyclic amines) is 1. The summed E-state index contributed by atoms with van der Waals surface area (Å²) in [7, 11) is 1.77. The second kappa shape index (κ2) is 6.78. The van der Waals surface area contributed by atoms with Crippen LogP contribution in [0.4, 0.5) is 11.6 Å². The van der Waals surface area contributed by atoms with Crippen molar-refractivity contribution in [1.29, 1.82) is 0 Å². The lowest BCUT2D eigenvalue weighted by molar-refractivity contribution is -0.388. The fraction of sp³-hybridized carbons (Fsp3) is 0.438. The molecule has 2 aromatic rings. The van der Waals surface area contributed by atoms with E-state index < -0.39 is 4.92 Å². The highest BCUT2D eigenvalue weighted by molar-refractivity contribution is 5.52. The molecule has 0 spiro atoms. The van der Waals surface area contributed by atoms with Crippen LogP contribution in [0.15, 0.2) is 36.7 Å². The molecule has 0 radical (unpaired) electrons. The second-order valence-corrected chi connectivity index (χ2v) is 5.99. The van der Waals surface area contributed by atoms with Crippen LogP contribution in [-0.2, 0) is 13.6 Å². The lowest BCUT2D eigenvalue weighted by Crippen LogP contribution is -2.42. The Labute approximate surface area is 135 Å². The SMILES string of the molecule is Cn1cnc([N+](=O)[O-])c1N[C@@H]1CCCN(Cc2ccccc2)C1. The van der Waals surface area contributed by atoms with Crippen molar-refractivity contribution in [2.24, 2.45) is 7.05 Å². The molecular formula is C16H21N5O2. The molecule has 23 heavy (non-hydrogen) atoms. The molecule has 1 aliphatic rings. The molecular weight excluding hydrogens is 294 g/mol. The van der Waals surface area contributed by atoms with E-state index >= 15 is 0 Å². The van der Waals surface area contributed by atoms with Gasteiger partial charge < -0.3 is 15.4 Å². The fourth-order valence-electron chi connectivity index (χ4n) is 3.07. The van der Waals surface area contributed by atoms with Gasteiger partial charge in [0.25, 0.3) is 0 Å². The van der Waals surface area contributed by atoms with Crippen molar-refractivity contribution in [1.82, 2.24) is 14.5 Å². The van der Waals surface area contributed by atoms with E-state index in [-0.39, 0.29) is 11.9 Å². The Morgan fingerprint density at radius 3 is 2.91 bits per heavy atom. The van der Waals surface area contributed by atoms with Crippen LogP contribution in [0, 0.1) is 10.1 Å². The molecule has 1 N–H and O–H groups in total. The predicted molar refractivity (Wildman–Crippen MR) is 88.2 cm³/mol. The van der Waals surface area contributed by atoms with Gasteiger partial charge in [0.15, 0.2) is 0 Å². The van der Waals surface area contributed by atoms with Crippen molar-refractivity contribution < 1.29 is 4.92 Å². The Bertz CT molecular complexity index is 670. The maximum absolute atomic E-state index is 11.1. The lowest BCUT2D eigenvalue weighted by atomic mass is 10.0. The van der Waals surface area contributed by atoms with Crippen molar-refractivity contribution in [3.8, 4) is 0 Å². The van der Waals surface area contributed by atoms with Crippen LogP contribution >= 0.6 is 0 Å². The number of nitro groups is 1. The molecule has 3 rings (SSSR count). The average Bonchev–Trinajstić information content (AvgIpc) is 2.90. The van der Waals surface area contributed by atoms with Gasteiger partial charge in [0.2, 0.25) is 12.1 Å². The number of hydrogen-bond acceptors (Lipinski definition) is 5. The first-order chi connectivity index (χ1) is 11.1. The van der Waals surface area contributed by atoms with Gasteiger partial charge in [0.1, 0.15) is 0 Å². The summed E-state index contributed by atoms with van der Waals surface area (Å²) in [4.78, 5) is 16.9. The molecule has 1 aliphatic heterocycles. The second-order valence-electron chi connectivity index (χ2n) is 5.99. The van der Waals surface area contributed by atoms with E-state index in [1.807, 2.05) is 18.2 Å². The zero-order chi connectivity index (χ0) is 16.2. The van der Waals surface area contributed by atoms with E-state index in [4.69, 9.17) is 0 Å². The maximum atomic E-state index is 11.1. The monoisotopic (exact) mass is 315 g/mol. The van der Waals surface area contributed by atoms with Gasteiger partial charge in [-0.3, -0.25) is 9.47 Å². The number of hydrogen-bond donors (Lipinski definition) is 1. The Morgan fingerprint density at radius 1 is 1.39 bits per heavy atom. The van der Waals surface area contributed by atoms with E-state index in [2.05, 4.69) is 27.3 Å². The Morgan fingerprint density at radius 2 is 2.17 bits per heavy atom. The molecule has 1 fully saturated rings. The summed E-state index contributed by atoms with van der Waals surface area (Å²) < 4.78 is 1.67. The van der Waals surface area contributed by atoms with Crippen molar-refractivity contribution in [3.05, 3.63) is 52.3 Å². The number of piperidine rings is 1. The zero-order valence-corrected chi connectivity index (χ0v) is 13.2. The molecule has 0 aliphatic carbocycles. The maximum Gasteiger partial charge on any atom is 0.406 e. The third kappa shape index (κ3) is 3.68. The van der Waals surface area contributed by atoms with Gasteiger partial charge in [-0.15, -0.1) is 0 Å². The first-order valence-electron chi connectivity index (χ1n) is 7.82. The molecule has 1 saturated heterocycles. The zero-order valence-electron chi connectivity index (χ0n) is 13.2. The normalized spacial score (nSPS) is 18.7. The van der Waals surface area contributed by atoms with Gasteiger partial charge in [0.05, 0.1) is 0 Å². The summed E-state index contributed by atoms with van der Waals surface area (Å²) in [5.74, 6) is 0.384. The minimum atomic E-state index is -0.438. The number of anilines is 1. The molecule has 7 nitrogen and oxygen atoms in total. The van der Waals surface area contributed by atoms with E-state index in [9.17, 15) is 10.1 Å². The van der Waals surface area contributed by atoms with Crippen LogP contribution < -0.4 is 5.32 Å². The highest BCUT2D eigenvalue weighted by Gasteiger charge is 2.26. The number of rotatable bonds is 5. The van der Waals surface area contributed by atoms with E-state index in [1.54, 1.807) is 11.6 Å². The van der Waals surface area contributed by atoms with Crippen molar-refractivity contribution in [3.63, 3.8) is 0 Å². The fourth-order valence-corrected chi connectivity index (χ4v) is 3.07. The van der Waals surface area contributed by atoms with Crippen LogP contribution in [-0.4, -0.2) is 38.5 Å². The van der Waals surface area contributed by atoms with Crippen LogP contribution in [0.2, 0.25) is 0 Å². The Hall–Kier alpha value is -2.41. The molecule has 0 saturated carbocycles. The van der Waals surface area contributed by atoms with Gasteiger partial charge >= 0.3 is 5.82 Å². The molecule has 2 heterocycles. The minimum Gasteiger partial charge on any atom is -0.360 e. The summed E-state index contributed by atoms with van der Waals surface area (Å²) in [5, 5.41) is 14.4. The van der Waals surface area contributed by atoms with Gasteiger partial charge in [-0.25, -0.2) is 0 Å². The van der Waals surface area contributed by atoms with E-state index in [0.717, 1.165) is 32.5 Å². The molecule has 7 heteroatoms. The number of nitrogens with zero attached hydrogens (tertiary/aromatic N) is 4.